The molecule has 4 rings (SSSR count). The minimum Gasteiger partial charge on any atom is -0.494 e. The Bertz CT molecular complexity index is 946. The van der Waals surface area contributed by atoms with E-state index in [0.717, 1.165) is 36.9 Å². The zero-order valence-electron chi connectivity index (χ0n) is 13.8. The van der Waals surface area contributed by atoms with E-state index >= 15 is 0 Å². The van der Waals surface area contributed by atoms with E-state index < -0.39 is 0 Å². The number of nitrogens with zero attached hydrogens (tertiary/aromatic N) is 4. The van der Waals surface area contributed by atoms with Crippen molar-refractivity contribution in [1.29, 1.82) is 0 Å². The van der Waals surface area contributed by atoms with Gasteiger partial charge in [-0.1, -0.05) is 0 Å². The van der Waals surface area contributed by atoms with Crippen LogP contribution in [0.25, 0.3) is 5.52 Å². The summed E-state index contributed by atoms with van der Waals surface area (Å²) in [6.45, 7) is 0.902. The molecule has 0 radical (unpaired) electrons. The molecular weight excluding hydrogens is 323 g/mol. The van der Waals surface area contributed by atoms with E-state index in [2.05, 4.69) is 10.2 Å². The lowest BCUT2D eigenvalue weighted by molar-refractivity contribution is 0.296. The van der Waals surface area contributed by atoms with Crippen molar-refractivity contribution in [3.05, 3.63) is 58.0 Å². The minimum atomic E-state index is -0.291. The Morgan fingerprint density at radius 3 is 2.80 bits per heavy atom. The Morgan fingerprint density at radius 2 is 1.96 bits per heavy atom. The van der Waals surface area contributed by atoms with Crippen LogP contribution in [0, 0.1) is 5.82 Å². The van der Waals surface area contributed by atoms with Crippen LogP contribution in [0.15, 0.2) is 35.4 Å². The van der Waals surface area contributed by atoms with Crippen molar-refractivity contribution in [1.82, 2.24) is 19.4 Å². The SMILES string of the molecule is O=c1c2c3c(nn2cnn1CCCOc1ccc(F)cc1)CCCC3. The van der Waals surface area contributed by atoms with Crippen molar-refractivity contribution in [2.24, 2.45) is 0 Å². The van der Waals surface area contributed by atoms with Gasteiger partial charge in [-0.2, -0.15) is 10.2 Å². The number of hydrogen-bond acceptors (Lipinski definition) is 4. The number of hydrogen-bond donors (Lipinski definition) is 0. The van der Waals surface area contributed by atoms with Crippen LogP contribution in [0.3, 0.4) is 0 Å². The van der Waals surface area contributed by atoms with E-state index in [1.165, 1.54) is 16.8 Å². The molecule has 6 nitrogen and oxygen atoms in total. The van der Waals surface area contributed by atoms with Gasteiger partial charge in [-0.15, -0.1) is 0 Å². The molecule has 0 aliphatic heterocycles. The van der Waals surface area contributed by atoms with Gasteiger partial charge < -0.3 is 4.74 Å². The summed E-state index contributed by atoms with van der Waals surface area (Å²) >= 11 is 0. The van der Waals surface area contributed by atoms with Gasteiger partial charge in [-0.25, -0.2) is 13.6 Å². The van der Waals surface area contributed by atoms with E-state index in [1.54, 1.807) is 23.0 Å². The molecule has 0 fully saturated rings. The van der Waals surface area contributed by atoms with Gasteiger partial charge in [0.2, 0.25) is 0 Å². The molecular formula is C18H19FN4O2. The molecule has 1 aromatic carbocycles. The molecule has 0 bridgehead atoms. The summed E-state index contributed by atoms with van der Waals surface area (Å²) in [6.07, 6.45) is 6.31. The van der Waals surface area contributed by atoms with E-state index in [4.69, 9.17) is 4.74 Å². The molecule has 0 N–H and O–H groups in total. The summed E-state index contributed by atoms with van der Waals surface area (Å²) in [6, 6.07) is 5.89. The lowest BCUT2D eigenvalue weighted by atomic mass is 9.97. The van der Waals surface area contributed by atoms with Crippen LogP contribution in [-0.2, 0) is 19.4 Å². The summed E-state index contributed by atoms with van der Waals surface area (Å²) in [5.74, 6) is 0.322. The highest BCUT2D eigenvalue weighted by Gasteiger charge is 2.19. The zero-order valence-corrected chi connectivity index (χ0v) is 13.8. The third-order valence-corrected chi connectivity index (χ3v) is 4.52. The number of benzene rings is 1. The quantitative estimate of drug-likeness (QED) is 0.668. The zero-order chi connectivity index (χ0) is 17.2. The molecule has 0 spiro atoms. The van der Waals surface area contributed by atoms with Gasteiger partial charge in [0.25, 0.3) is 5.56 Å². The Balaban J connectivity index is 1.45. The van der Waals surface area contributed by atoms with Crippen LogP contribution in [-0.4, -0.2) is 26.0 Å². The molecule has 2 aromatic heterocycles. The van der Waals surface area contributed by atoms with Crippen LogP contribution in [0.5, 0.6) is 5.75 Å². The normalized spacial score (nSPS) is 13.8. The van der Waals surface area contributed by atoms with E-state index in [-0.39, 0.29) is 11.4 Å². The third kappa shape index (κ3) is 3.14. The maximum Gasteiger partial charge on any atom is 0.293 e. The molecule has 7 heteroatoms. The van der Waals surface area contributed by atoms with Crippen LogP contribution in [0.4, 0.5) is 4.39 Å². The predicted octanol–water partition coefficient (Wildman–Crippen LogP) is 2.38. The number of ether oxygens (including phenoxy) is 1. The van der Waals surface area contributed by atoms with Gasteiger partial charge in [0.15, 0.2) is 0 Å². The Hall–Kier alpha value is -2.70. The van der Waals surface area contributed by atoms with Gasteiger partial charge in [0.1, 0.15) is 23.4 Å². The predicted molar refractivity (Wildman–Crippen MR) is 90.4 cm³/mol. The van der Waals surface area contributed by atoms with Gasteiger partial charge in [-0.3, -0.25) is 4.79 Å². The van der Waals surface area contributed by atoms with Crippen LogP contribution < -0.4 is 10.3 Å². The Kier molecular flexibility index (Phi) is 4.21. The van der Waals surface area contributed by atoms with Crippen molar-refractivity contribution in [2.45, 2.75) is 38.6 Å². The second-order valence-corrected chi connectivity index (χ2v) is 6.24. The summed E-state index contributed by atoms with van der Waals surface area (Å²) in [5, 5.41) is 8.69. The Labute approximate surface area is 143 Å². The average molecular weight is 342 g/mol. The molecule has 0 atom stereocenters. The van der Waals surface area contributed by atoms with E-state index in [1.807, 2.05) is 0 Å². The Morgan fingerprint density at radius 1 is 1.16 bits per heavy atom. The van der Waals surface area contributed by atoms with Crippen molar-refractivity contribution in [3.8, 4) is 5.75 Å². The second kappa shape index (κ2) is 6.66. The molecule has 0 saturated heterocycles. The first-order chi connectivity index (χ1) is 12.2. The van der Waals surface area contributed by atoms with Crippen molar-refractivity contribution < 1.29 is 9.13 Å². The number of aromatic nitrogens is 4. The number of rotatable bonds is 5. The molecule has 25 heavy (non-hydrogen) atoms. The standard InChI is InChI=1S/C18H19FN4O2/c19-13-6-8-14(9-7-13)25-11-3-10-22-18(24)17-15-4-1-2-5-16(15)21-23(17)12-20-22/h6-9,12H,1-5,10-11H2. The maximum absolute atomic E-state index is 12.9. The second-order valence-electron chi connectivity index (χ2n) is 6.24. The van der Waals surface area contributed by atoms with Crippen molar-refractivity contribution >= 4 is 5.52 Å². The molecule has 2 heterocycles. The van der Waals surface area contributed by atoms with Crippen LogP contribution in [0.1, 0.15) is 30.5 Å². The maximum atomic E-state index is 12.9. The molecule has 1 aliphatic rings. The van der Waals surface area contributed by atoms with Crippen LogP contribution in [0.2, 0.25) is 0 Å². The summed E-state index contributed by atoms with van der Waals surface area (Å²) in [5.41, 5.74) is 2.67. The first kappa shape index (κ1) is 15.8. The molecule has 3 aromatic rings. The molecule has 0 amide bonds. The van der Waals surface area contributed by atoms with Gasteiger partial charge in [0.05, 0.1) is 12.3 Å². The lowest BCUT2D eigenvalue weighted by Crippen LogP contribution is -2.26. The highest BCUT2D eigenvalue weighted by Crippen LogP contribution is 2.22. The fraction of sp³-hybridized carbons (Fsp3) is 0.389. The largest absolute Gasteiger partial charge is 0.494 e. The third-order valence-electron chi connectivity index (χ3n) is 4.52. The van der Waals surface area contributed by atoms with Gasteiger partial charge in [-0.05, 0) is 49.9 Å². The monoisotopic (exact) mass is 342 g/mol. The van der Waals surface area contributed by atoms with Crippen LogP contribution >= 0.6 is 0 Å². The number of aryl methyl sites for hydroxylation is 3. The molecule has 1 aliphatic carbocycles. The van der Waals surface area contributed by atoms with Gasteiger partial charge in [0, 0.05) is 18.5 Å². The van der Waals surface area contributed by atoms with Crippen molar-refractivity contribution in [3.63, 3.8) is 0 Å². The first-order valence-electron chi connectivity index (χ1n) is 8.57. The lowest BCUT2D eigenvalue weighted by Gasteiger charge is -2.09. The average Bonchev–Trinajstić information content (AvgIpc) is 3.01. The van der Waals surface area contributed by atoms with Crippen molar-refractivity contribution in [2.75, 3.05) is 6.61 Å². The molecule has 0 saturated carbocycles. The fourth-order valence-electron chi connectivity index (χ4n) is 3.26. The summed E-state index contributed by atoms with van der Waals surface area (Å²) < 4.78 is 21.5. The molecule has 0 unspecified atom stereocenters. The number of halogens is 1. The highest BCUT2D eigenvalue weighted by molar-refractivity contribution is 5.55. The van der Waals surface area contributed by atoms with E-state index in [9.17, 15) is 9.18 Å². The smallest absolute Gasteiger partial charge is 0.293 e. The summed E-state index contributed by atoms with van der Waals surface area (Å²) in [4.78, 5) is 12.7. The van der Waals surface area contributed by atoms with E-state index in [0.29, 0.717) is 30.8 Å². The number of fused-ring (bicyclic) bond motifs is 3. The highest BCUT2D eigenvalue weighted by atomic mass is 19.1. The summed E-state index contributed by atoms with van der Waals surface area (Å²) in [7, 11) is 0. The minimum absolute atomic E-state index is 0.0973. The topological polar surface area (TPSA) is 61.4 Å². The first-order valence-corrected chi connectivity index (χ1v) is 8.57. The fourth-order valence-corrected chi connectivity index (χ4v) is 3.26. The van der Waals surface area contributed by atoms with Gasteiger partial charge >= 0.3 is 0 Å². The molecule has 130 valence electrons.